The highest BCUT2D eigenvalue weighted by molar-refractivity contribution is 5.80. The Bertz CT molecular complexity index is 782. The average molecular weight is 420 g/mol. The van der Waals surface area contributed by atoms with Gasteiger partial charge in [0.15, 0.2) is 5.96 Å². The maximum atomic E-state index is 12.0. The van der Waals surface area contributed by atoms with Crippen LogP contribution in [0.15, 0.2) is 28.0 Å². The fourth-order valence-electron chi connectivity index (χ4n) is 3.45. The maximum Gasteiger partial charge on any atom is 0.407 e. The van der Waals surface area contributed by atoms with E-state index in [1.807, 2.05) is 45.3 Å². The summed E-state index contributed by atoms with van der Waals surface area (Å²) in [6.45, 7) is 13.3. The Morgan fingerprint density at radius 2 is 2.07 bits per heavy atom. The van der Waals surface area contributed by atoms with Gasteiger partial charge >= 0.3 is 6.09 Å². The number of carbonyl (C=O) groups is 1. The van der Waals surface area contributed by atoms with E-state index >= 15 is 0 Å². The third kappa shape index (κ3) is 7.72. The molecule has 1 aromatic rings. The molecule has 0 bridgehead atoms. The summed E-state index contributed by atoms with van der Waals surface area (Å²) in [4.78, 5) is 30.9. The van der Waals surface area contributed by atoms with E-state index < -0.39 is 5.60 Å². The van der Waals surface area contributed by atoms with Gasteiger partial charge in [-0.15, -0.1) is 0 Å². The Kier molecular flexibility index (Phi) is 8.74. The number of hydrogen-bond acceptors (Lipinski definition) is 4. The number of aromatic nitrogens is 1. The van der Waals surface area contributed by atoms with E-state index in [4.69, 9.17) is 9.73 Å². The lowest BCUT2D eigenvalue weighted by molar-refractivity contribution is 0.0507. The summed E-state index contributed by atoms with van der Waals surface area (Å²) in [7, 11) is 0. The predicted molar refractivity (Wildman–Crippen MR) is 120 cm³/mol. The Morgan fingerprint density at radius 3 is 2.73 bits per heavy atom. The molecule has 2 heterocycles. The first-order chi connectivity index (χ1) is 14.2. The van der Waals surface area contributed by atoms with Crippen LogP contribution < -0.4 is 16.2 Å². The molecule has 168 valence electrons. The number of amides is 1. The van der Waals surface area contributed by atoms with E-state index in [1.165, 1.54) is 0 Å². The van der Waals surface area contributed by atoms with Crippen LogP contribution in [0.4, 0.5) is 4.79 Å². The van der Waals surface area contributed by atoms with Crippen molar-refractivity contribution in [1.29, 1.82) is 0 Å². The Hall–Kier alpha value is -2.51. The summed E-state index contributed by atoms with van der Waals surface area (Å²) in [6, 6.07) is 5.40. The monoisotopic (exact) mass is 419 g/mol. The SMILES string of the molecule is CCNC(=NCCCCn1c(C)cccc1=O)N1CCC(NC(=O)OC(C)(C)C)C1. The van der Waals surface area contributed by atoms with Crippen molar-refractivity contribution in [2.45, 2.75) is 72.1 Å². The molecule has 0 aliphatic carbocycles. The number of nitrogens with one attached hydrogen (secondary N) is 2. The quantitative estimate of drug-likeness (QED) is 0.403. The molecule has 2 N–H and O–H groups in total. The van der Waals surface area contributed by atoms with Crippen LogP contribution >= 0.6 is 0 Å². The minimum Gasteiger partial charge on any atom is -0.444 e. The standard InChI is InChI=1S/C22H37N5O3/c1-6-23-20(24-13-7-8-14-27-17(2)10-9-11-19(27)28)26-15-12-18(16-26)25-21(29)30-22(3,4)5/h9-11,18H,6-8,12-16H2,1-5H3,(H,23,24)(H,25,29). The summed E-state index contributed by atoms with van der Waals surface area (Å²) in [5, 5.41) is 6.29. The van der Waals surface area contributed by atoms with Crippen LogP contribution in [0.3, 0.4) is 0 Å². The van der Waals surface area contributed by atoms with Crippen molar-refractivity contribution in [1.82, 2.24) is 20.1 Å². The molecule has 8 nitrogen and oxygen atoms in total. The van der Waals surface area contributed by atoms with Crippen LogP contribution in [0.25, 0.3) is 0 Å². The van der Waals surface area contributed by atoms with Gasteiger partial charge in [0.2, 0.25) is 0 Å². The average Bonchev–Trinajstić information content (AvgIpc) is 3.09. The second-order valence-electron chi connectivity index (χ2n) is 8.68. The number of guanidine groups is 1. The Labute approximate surface area is 179 Å². The molecule has 1 fully saturated rings. The molecule has 1 aliphatic heterocycles. The Balaban J connectivity index is 1.81. The molecule has 1 amide bonds. The second kappa shape index (κ2) is 11.0. The molecule has 0 spiro atoms. The molecule has 1 atom stereocenters. The van der Waals surface area contributed by atoms with Gasteiger partial charge in [-0.3, -0.25) is 9.79 Å². The molecule has 8 heteroatoms. The number of nitrogens with zero attached hydrogens (tertiary/aromatic N) is 3. The van der Waals surface area contributed by atoms with E-state index in [-0.39, 0.29) is 17.7 Å². The van der Waals surface area contributed by atoms with Gasteiger partial charge in [0.25, 0.3) is 5.56 Å². The van der Waals surface area contributed by atoms with Gasteiger partial charge in [0.05, 0.1) is 6.04 Å². The van der Waals surface area contributed by atoms with Crippen molar-refractivity contribution in [3.63, 3.8) is 0 Å². The minimum absolute atomic E-state index is 0.0486. The van der Waals surface area contributed by atoms with Crippen molar-refractivity contribution >= 4 is 12.1 Å². The summed E-state index contributed by atoms with van der Waals surface area (Å²) in [5.74, 6) is 0.874. The number of hydrogen-bond donors (Lipinski definition) is 2. The normalized spacial score (nSPS) is 17.2. The lowest BCUT2D eigenvalue weighted by Crippen LogP contribution is -2.44. The molecule has 0 saturated carbocycles. The van der Waals surface area contributed by atoms with Gasteiger partial charge in [0, 0.05) is 44.5 Å². The first-order valence-corrected chi connectivity index (χ1v) is 10.9. The summed E-state index contributed by atoms with van der Waals surface area (Å²) in [5.41, 5.74) is 0.537. The number of rotatable bonds is 7. The van der Waals surface area contributed by atoms with E-state index in [9.17, 15) is 9.59 Å². The number of pyridine rings is 1. The first kappa shape index (κ1) is 23.8. The van der Waals surface area contributed by atoms with Crippen molar-refractivity contribution in [3.05, 3.63) is 34.2 Å². The zero-order chi connectivity index (χ0) is 22.1. The molecule has 0 aromatic carbocycles. The summed E-state index contributed by atoms with van der Waals surface area (Å²) in [6.07, 6.45) is 2.29. The van der Waals surface area contributed by atoms with Crippen molar-refractivity contribution < 1.29 is 9.53 Å². The number of aliphatic imine (C=N–C) groups is 1. The smallest absolute Gasteiger partial charge is 0.407 e. The van der Waals surface area contributed by atoms with Crippen LogP contribution in [0, 0.1) is 6.92 Å². The zero-order valence-electron chi connectivity index (χ0n) is 19.0. The molecule has 2 rings (SSSR count). The highest BCUT2D eigenvalue weighted by Gasteiger charge is 2.27. The minimum atomic E-state index is -0.498. The summed E-state index contributed by atoms with van der Waals surface area (Å²) < 4.78 is 7.16. The molecule has 1 saturated heterocycles. The van der Waals surface area contributed by atoms with Crippen molar-refractivity contribution in [2.75, 3.05) is 26.2 Å². The summed E-state index contributed by atoms with van der Waals surface area (Å²) >= 11 is 0. The number of ether oxygens (including phenoxy) is 1. The van der Waals surface area contributed by atoms with Gasteiger partial charge in [-0.1, -0.05) is 6.07 Å². The van der Waals surface area contributed by atoms with Crippen LogP contribution in [-0.4, -0.2) is 59.3 Å². The molecule has 0 radical (unpaired) electrons. The van der Waals surface area contributed by atoms with Crippen molar-refractivity contribution in [3.8, 4) is 0 Å². The predicted octanol–water partition coefficient (Wildman–Crippen LogP) is 2.50. The number of alkyl carbamates (subject to hydrolysis) is 1. The third-order valence-electron chi connectivity index (χ3n) is 4.86. The maximum absolute atomic E-state index is 12.0. The lowest BCUT2D eigenvalue weighted by atomic mass is 10.2. The molecule has 1 aromatic heterocycles. The number of aryl methyl sites for hydroxylation is 1. The van der Waals surface area contributed by atoms with E-state index in [1.54, 1.807) is 12.1 Å². The fraction of sp³-hybridized carbons (Fsp3) is 0.682. The zero-order valence-corrected chi connectivity index (χ0v) is 19.0. The van der Waals surface area contributed by atoms with Crippen molar-refractivity contribution in [2.24, 2.45) is 4.99 Å². The van der Waals surface area contributed by atoms with Gasteiger partial charge in [-0.2, -0.15) is 0 Å². The number of carbonyl (C=O) groups excluding carboxylic acids is 1. The van der Waals surface area contributed by atoms with Gasteiger partial charge in [-0.05, 0) is 59.9 Å². The third-order valence-corrected chi connectivity index (χ3v) is 4.86. The van der Waals surface area contributed by atoms with Crippen LogP contribution in [0.1, 0.15) is 52.7 Å². The van der Waals surface area contributed by atoms with Gasteiger partial charge in [0.1, 0.15) is 5.60 Å². The lowest BCUT2D eigenvalue weighted by Gasteiger charge is -2.23. The molecule has 1 aliphatic rings. The van der Waals surface area contributed by atoms with E-state index in [0.29, 0.717) is 19.6 Å². The molecule has 1 unspecified atom stereocenters. The largest absolute Gasteiger partial charge is 0.444 e. The van der Waals surface area contributed by atoms with Gasteiger partial charge < -0.3 is 24.8 Å². The Morgan fingerprint density at radius 1 is 1.30 bits per heavy atom. The molecular weight excluding hydrogens is 382 g/mol. The van der Waals surface area contributed by atoms with E-state index in [0.717, 1.165) is 44.0 Å². The van der Waals surface area contributed by atoms with Crippen LogP contribution in [0.5, 0.6) is 0 Å². The molecular formula is C22H37N5O3. The highest BCUT2D eigenvalue weighted by atomic mass is 16.6. The number of unbranched alkanes of at least 4 members (excludes halogenated alkanes) is 1. The van der Waals surface area contributed by atoms with Crippen LogP contribution in [0.2, 0.25) is 0 Å². The van der Waals surface area contributed by atoms with Crippen LogP contribution in [-0.2, 0) is 11.3 Å². The van der Waals surface area contributed by atoms with E-state index in [2.05, 4.69) is 15.5 Å². The topological polar surface area (TPSA) is 88.0 Å². The second-order valence-corrected chi connectivity index (χ2v) is 8.68. The fourth-order valence-corrected chi connectivity index (χ4v) is 3.45. The molecule has 30 heavy (non-hydrogen) atoms. The highest BCUT2D eigenvalue weighted by Crippen LogP contribution is 2.12. The van der Waals surface area contributed by atoms with Gasteiger partial charge in [-0.25, -0.2) is 4.79 Å². The number of likely N-dealkylation sites (tertiary alicyclic amines) is 1. The first-order valence-electron chi connectivity index (χ1n) is 10.9.